The van der Waals surface area contributed by atoms with Gasteiger partial charge in [0.1, 0.15) is 16.4 Å². The molecular formula is C19H14FN3O3S. The first kappa shape index (κ1) is 17.2. The number of benzene rings is 1. The quantitative estimate of drug-likeness (QED) is 0.661. The Labute approximate surface area is 157 Å². The number of anilines is 2. The number of carboxylic acids is 1. The molecule has 0 spiro atoms. The van der Waals surface area contributed by atoms with Crippen LogP contribution in [0.4, 0.5) is 15.8 Å². The summed E-state index contributed by atoms with van der Waals surface area (Å²) in [6, 6.07) is 9.35. The predicted octanol–water partition coefficient (Wildman–Crippen LogP) is 3.43. The average Bonchev–Trinajstić information content (AvgIpc) is 3.01. The minimum atomic E-state index is -1.02. The lowest BCUT2D eigenvalue weighted by atomic mass is 10.1. The third kappa shape index (κ3) is 3.04. The highest BCUT2D eigenvalue weighted by Crippen LogP contribution is 2.40. The van der Waals surface area contributed by atoms with E-state index in [4.69, 9.17) is 5.73 Å². The van der Waals surface area contributed by atoms with Crippen molar-refractivity contribution in [3.8, 4) is 10.6 Å². The Kier molecular flexibility index (Phi) is 4.12. The van der Waals surface area contributed by atoms with Crippen LogP contribution in [0.5, 0.6) is 0 Å². The van der Waals surface area contributed by atoms with Crippen LogP contribution in [-0.4, -0.2) is 28.5 Å². The van der Waals surface area contributed by atoms with Gasteiger partial charge in [0, 0.05) is 23.9 Å². The lowest BCUT2D eigenvalue weighted by Gasteiger charge is -2.22. The summed E-state index contributed by atoms with van der Waals surface area (Å²) in [5.74, 6) is -1.88. The molecule has 2 aromatic heterocycles. The molecule has 1 amide bonds. The molecule has 0 aliphatic carbocycles. The number of carboxylic acid groups (broad SMARTS) is 1. The second kappa shape index (κ2) is 6.48. The van der Waals surface area contributed by atoms with Crippen molar-refractivity contribution in [3.05, 3.63) is 64.4 Å². The maximum Gasteiger partial charge on any atom is 0.345 e. The topological polar surface area (TPSA) is 96.5 Å². The highest BCUT2D eigenvalue weighted by atomic mass is 32.1. The van der Waals surface area contributed by atoms with Gasteiger partial charge in [-0.05, 0) is 42.3 Å². The minimum Gasteiger partial charge on any atom is -0.477 e. The van der Waals surface area contributed by atoms with Crippen molar-refractivity contribution in [1.82, 2.24) is 4.98 Å². The number of fused-ring (bicyclic) bond motifs is 3. The second-order valence-electron chi connectivity index (χ2n) is 6.12. The fourth-order valence-electron chi connectivity index (χ4n) is 3.07. The molecule has 3 aromatic rings. The fourth-order valence-corrected chi connectivity index (χ4v) is 4.13. The zero-order valence-electron chi connectivity index (χ0n) is 14.0. The molecule has 4 rings (SSSR count). The lowest BCUT2D eigenvalue weighted by molar-refractivity contribution is 0.0701. The maximum absolute atomic E-state index is 13.9. The Morgan fingerprint density at radius 1 is 1.22 bits per heavy atom. The van der Waals surface area contributed by atoms with Gasteiger partial charge < -0.3 is 15.7 Å². The molecule has 0 unspecified atom stereocenters. The number of pyridine rings is 1. The van der Waals surface area contributed by atoms with Gasteiger partial charge >= 0.3 is 5.97 Å². The number of carbonyl (C=O) groups is 2. The van der Waals surface area contributed by atoms with E-state index in [0.29, 0.717) is 33.9 Å². The van der Waals surface area contributed by atoms with Crippen molar-refractivity contribution < 1.29 is 19.1 Å². The number of nitrogens with two attached hydrogens (primary N) is 1. The van der Waals surface area contributed by atoms with Gasteiger partial charge in [-0.3, -0.25) is 9.78 Å². The van der Waals surface area contributed by atoms with Crippen molar-refractivity contribution in [2.75, 3.05) is 17.2 Å². The zero-order valence-corrected chi connectivity index (χ0v) is 14.8. The monoisotopic (exact) mass is 383 g/mol. The van der Waals surface area contributed by atoms with Crippen LogP contribution in [0.1, 0.15) is 25.6 Å². The smallest absolute Gasteiger partial charge is 0.345 e. The van der Waals surface area contributed by atoms with Crippen molar-refractivity contribution >= 4 is 34.6 Å². The summed E-state index contributed by atoms with van der Waals surface area (Å²) in [4.78, 5) is 30.8. The van der Waals surface area contributed by atoms with Gasteiger partial charge in [0.25, 0.3) is 5.91 Å². The van der Waals surface area contributed by atoms with E-state index in [0.717, 1.165) is 23.1 Å². The summed E-state index contributed by atoms with van der Waals surface area (Å²) in [5.41, 5.74) is 8.16. The molecule has 0 saturated heterocycles. The zero-order chi connectivity index (χ0) is 19.1. The summed E-state index contributed by atoms with van der Waals surface area (Å²) in [6.07, 6.45) is 1.51. The second-order valence-corrected chi connectivity index (χ2v) is 7.17. The standard InChI is InChI=1S/C19H14FN3O3S/c20-12-8-14-16(22-9-12)17-11(7-15(27-17)19(25)26)5-6-23(14)18(24)10-1-3-13(21)4-2-10/h1-4,7-9H,5-6,21H2,(H,25,26). The largest absolute Gasteiger partial charge is 0.477 e. The predicted molar refractivity (Wildman–Crippen MR) is 101 cm³/mol. The van der Waals surface area contributed by atoms with Crippen LogP contribution in [0.2, 0.25) is 0 Å². The van der Waals surface area contributed by atoms with Crippen molar-refractivity contribution in [1.29, 1.82) is 0 Å². The van der Waals surface area contributed by atoms with E-state index in [1.165, 1.54) is 11.0 Å². The summed E-state index contributed by atoms with van der Waals surface area (Å²) in [7, 11) is 0. The number of carbonyl (C=O) groups excluding carboxylic acids is 1. The van der Waals surface area contributed by atoms with Gasteiger partial charge in [0.2, 0.25) is 0 Å². The summed E-state index contributed by atoms with van der Waals surface area (Å²) in [5, 5.41) is 9.26. The van der Waals surface area contributed by atoms with Gasteiger partial charge in [0.15, 0.2) is 0 Å². The van der Waals surface area contributed by atoms with E-state index < -0.39 is 11.8 Å². The first-order valence-electron chi connectivity index (χ1n) is 8.13. The molecule has 3 N–H and O–H groups in total. The molecule has 1 aromatic carbocycles. The third-order valence-corrected chi connectivity index (χ3v) is 5.54. The van der Waals surface area contributed by atoms with Gasteiger partial charge in [-0.2, -0.15) is 0 Å². The van der Waals surface area contributed by atoms with Crippen LogP contribution < -0.4 is 10.6 Å². The molecule has 27 heavy (non-hydrogen) atoms. The number of halogens is 1. The van der Waals surface area contributed by atoms with Crippen molar-refractivity contribution in [2.24, 2.45) is 0 Å². The number of hydrogen-bond donors (Lipinski definition) is 2. The maximum atomic E-state index is 13.9. The Morgan fingerprint density at radius 3 is 2.67 bits per heavy atom. The van der Waals surface area contributed by atoms with Gasteiger partial charge in [0.05, 0.1) is 16.8 Å². The average molecular weight is 383 g/mol. The van der Waals surface area contributed by atoms with Crippen LogP contribution in [0.25, 0.3) is 10.6 Å². The SMILES string of the molecule is Nc1ccc(C(=O)N2CCc3cc(C(=O)O)sc3-c3ncc(F)cc32)cc1. The first-order chi connectivity index (χ1) is 12.9. The van der Waals surface area contributed by atoms with Crippen LogP contribution in [-0.2, 0) is 6.42 Å². The Hall–Kier alpha value is -3.26. The summed E-state index contributed by atoms with van der Waals surface area (Å²) >= 11 is 1.08. The number of aromatic carboxylic acids is 1. The Morgan fingerprint density at radius 2 is 1.96 bits per heavy atom. The number of nitrogen functional groups attached to an aromatic ring is 1. The number of rotatable bonds is 2. The molecule has 1 aliphatic heterocycles. The van der Waals surface area contributed by atoms with E-state index in [9.17, 15) is 19.1 Å². The summed E-state index contributed by atoms with van der Waals surface area (Å²) < 4.78 is 13.9. The van der Waals surface area contributed by atoms with Gasteiger partial charge in [-0.25, -0.2) is 9.18 Å². The highest BCUT2D eigenvalue weighted by molar-refractivity contribution is 7.17. The number of hydrogen-bond acceptors (Lipinski definition) is 5. The van der Waals surface area contributed by atoms with Crippen LogP contribution in [0.15, 0.2) is 42.6 Å². The fraction of sp³-hybridized carbons (Fsp3) is 0.105. The van der Waals surface area contributed by atoms with E-state index in [2.05, 4.69) is 4.98 Å². The molecule has 1 aliphatic rings. The molecule has 3 heterocycles. The summed E-state index contributed by atoms with van der Waals surface area (Å²) in [6.45, 7) is 0.282. The van der Waals surface area contributed by atoms with E-state index in [1.807, 2.05) is 0 Å². The number of aromatic nitrogens is 1. The number of nitrogens with zero attached hydrogens (tertiary/aromatic N) is 2. The molecule has 6 nitrogen and oxygen atoms in total. The van der Waals surface area contributed by atoms with Crippen LogP contribution in [0.3, 0.4) is 0 Å². The van der Waals surface area contributed by atoms with Crippen LogP contribution >= 0.6 is 11.3 Å². The number of amides is 1. The van der Waals surface area contributed by atoms with E-state index >= 15 is 0 Å². The highest BCUT2D eigenvalue weighted by Gasteiger charge is 2.29. The molecule has 0 fully saturated rings. The van der Waals surface area contributed by atoms with Gasteiger partial charge in [-0.15, -0.1) is 11.3 Å². The lowest BCUT2D eigenvalue weighted by Crippen LogP contribution is -2.32. The third-order valence-electron chi connectivity index (χ3n) is 4.37. The van der Waals surface area contributed by atoms with Crippen molar-refractivity contribution in [2.45, 2.75) is 6.42 Å². The molecule has 8 heteroatoms. The van der Waals surface area contributed by atoms with Crippen molar-refractivity contribution in [3.63, 3.8) is 0 Å². The van der Waals surface area contributed by atoms with E-state index in [1.54, 1.807) is 30.3 Å². The molecule has 0 bridgehead atoms. The Balaban J connectivity index is 1.83. The first-order valence-corrected chi connectivity index (χ1v) is 8.95. The molecule has 0 radical (unpaired) electrons. The Bertz CT molecular complexity index is 1060. The molecule has 0 atom stereocenters. The number of thiophene rings is 1. The normalized spacial score (nSPS) is 12.9. The molecule has 136 valence electrons. The van der Waals surface area contributed by atoms with E-state index in [-0.39, 0.29) is 17.3 Å². The molecular weight excluding hydrogens is 369 g/mol. The molecule has 0 saturated carbocycles. The van der Waals surface area contributed by atoms with Gasteiger partial charge in [-0.1, -0.05) is 0 Å². The minimum absolute atomic E-state index is 0.190. The van der Waals surface area contributed by atoms with Crippen LogP contribution in [0, 0.1) is 5.82 Å².